The zero-order valence-corrected chi connectivity index (χ0v) is 7.54. The molecule has 66 valence electrons. The molecule has 1 aromatic heterocycles. The summed E-state index contributed by atoms with van der Waals surface area (Å²) in [4.78, 5) is 10.5. The summed E-state index contributed by atoms with van der Waals surface area (Å²) in [5.41, 5.74) is 0.328. The Morgan fingerprint density at radius 1 is 1.67 bits per heavy atom. The molecule has 0 aliphatic carbocycles. The largest absolute Gasteiger partial charge is 0.477 e. The Morgan fingerprint density at radius 2 is 2.33 bits per heavy atom. The van der Waals surface area contributed by atoms with Crippen molar-refractivity contribution >= 4 is 18.4 Å². The van der Waals surface area contributed by atoms with E-state index < -0.39 is 5.97 Å². The van der Waals surface area contributed by atoms with E-state index in [1.165, 1.54) is 0 Å². The van der Waals surface area contributed by atoms with Gasteiger partial charge < -0.3 is 5.11 Å². The molecule has 0 aliphatic rings. The SMILES string of the molecule is CC[n+]1cccc(C(=O)O)c1.Cl. The van der Waals surface area contributed by atoms with Gasteiger partial charge >= 0.3 is 5.97 Å². The maximum absolute atomic E-state index is 10.5. The fourth-order valence-corrected chi connectivity index (χ4v) is 0.845. The summed E-state index contributed by atoms with van der Waals surface area (Å²) in [6.07, 6.45) is 3.45. The first kappa shape index (κ1) is 10.9. The van der Waals surface area contributed by atoms with E-state index in [1.807, 2.05) is 17.7 Å². The smallest absolute Gasteiger partial charge is 0.341 e. The maximum Gasteiger partial charge on any atom is 0.341 e. The second-order valence-electron chi connectivity index (χ2n) is 2.23. The van der Waals surface area contributed by atoms with Crippen molar-refractivity contribution in [3.05, 3.63) is 30.1 Å². The molecule has 12 heavy (non-hydrogen) atoms. The molecule has 0 atom stereocenters. The van der Waals surface area contributed by atoms with Crippen molar-refractivity contribution in [3.63, 3.8) is 0 Å². The van der Waals surface area contributed by atoms with Gasteiger partial charge in [-0.3, -0.25) is 0 Å². The van der Waals surface area contributed by atoms with Gasteiger partial charge in [0.2, 0.25) is 0 Å². The monoisotopic (exact) mass is 188 g/mol. The molecule has 0 amide bonds. The van der Waals surface area contributed by atoms with Crippen LogP contribution in [0.15, 0.2) is 24.5 Å². The van der Waals surface area contributed by atoms with Gasteiger partial charge in [0.05, 0.1) is 0 Å². The molecule has 0 saturated heterocycles. The predicted octanol–water partition coefficient (Wildman–Crippen LogP) is 1.11. The molecule has 1 heterocycles. The van der Waals surface area contributed by atoms with Crippen molar-refractivity contribution in [2.75, 3.05) is 0 Å². The van der Waals surface area contributed by atoms with Crippen LogP contribution in [0.2, 0.25) is 0 Å². The topological polar surface area (TPSA) is 41.2 Å². The Labute approximate surface area is 77.1 Å². The Bertz CT molecular complexity index is 276. The molecule has 0 spiro atoms. The molecule has 1 rings (SSSR count). The number of hydrogen-bond acceptors (Lipinski definition) is 1. The fourth-order valence-electron chi connectivity index (χ4n) is 0.845. The standard InChI is InChI=1S/C8H9NO2.ClH/c1-2-9-5-3-4-7(6-9)8(10)11;/h3-6H,2H2,1H3;1H/p+1. The summed E-state index contributed by atoms with van der Waals surface area (Å²) in [6.45, 7) is 2.76. The molecule has 0 fully saturated rings. The minimum absolute atomic E-state index is 0. The first-order chi connectivity index (χ1) is 5.24. The zero-order chi connectivity index (χ0) is 8.27. The van der Waals surface area contributed by atoms with Crippen LogP contribution in [0.1, 0.15) is 17.3 Å². The zero-order valence-electron chi connectivity index (χ0n) is 6.73. The van der Waals surface area contributed by atoms with Crippen molar-refractivity contribution in [3.8, 4) is 0 Å². The molecule has 0 bridgehead atoms. The van der Waals surface area contributed by atoms with Crippen LogP contribution in [0.5, 0.6) is 0 Å². The van der Waals surface area contributed by atoms with Crippen LogP contribution >= 0.6 is 12.4 Å². The normalized spacial score (nSPS) is 8.75. The summed E-state index contributed by atoms with van der Waals surface area (Å²) < 4.78 is 1.82. The van der Waals surface area contributed by atoms with Crippen LogP contribution < -0.4 is 4.57 Å². The third-order valence-electron chi connectivity index (χ3n) is 1.47. The van der Waals surface area contributed by atoms with E-state index in [-0.39, 0.29) is 12.4 Å². The lowest BCUT2D eigenvalue weighted by molar-refractivity contribution is -0.693. The molecular weight excluding hydrogens is 178 g/mol. The highest BCUT2D eigenvalue weighted by molar-refractivity contribution is 5.86. The molecule has 1 aromatic rings. The number of aryl methyl sites for hydroxylation is 1. The first-order valence-corrected chi connectivity index (χ1v) is 3.46. The second kappa shape index (κ2) is 4.72. The number of halogens is 1. The molecule has 0 radical (unpaired) electrons. The second-order valence-corrected chi connectivity index (χ2v) is 2.23. The number of aromatic nitrogens is 1. The van der Waals surface area contributed by atoms with Crippen molar-refractivity contribution in [1.29, 1.82) is 0 Å². The Balaban J connectivity index is 0.00000121. The van der Waals surface area contributed by atoms with Crippen molar-refractivity contribution in [2.45, 2.75) is 13.5 Å². The lowest BCUT2D eigenvalue weighted by Crippen LogP contribution is -2.32. The van der Waals surface area contributed by atoms with E-state index >= 15 is 0 Å². The minimum Gasteiger partial charge on any atom is -0.477 e. The van der Waals surface area contributed by atoms with Crippen molar-refractivity contribution in [1.82, 2.24) is 0 Å². The molecule has 4 heteroatoms. The molecule has 1 N–H and O–H groups in total. The van der Waals surface area contributed by atoms with Gasteiger partial charge in [-0.1, -0.05) is 0 Å². The third-order valence-corrected chi connectivity index (χ3v) is 1.47. The molecule has 0 unspecified atom stereocenters. The van der Waals surface area contributed by atoms with E-state index in [0.29, 0.717) is 5.56 Å². The minimum atomic E-state index is -0.882. The lowest BCUT2D eigenvalue weighted by atomic mass is 10.3. The molecule has 0 saturated carbocycles. The third kappa shape index (κ3) is 2.51. The summed E-state index contributed by atoms with van der Waals surface area (Å²) in [7, 11) is 0. The van der Waals surface area contributed by atoms with E-state index in [0.717, 1.165) is 6.54 Å². The Hall–Kier alpha value is -1.09. The summed E-state index contributed by atoms with van der Waals surface area (Å²) in [6, 6.07) is 3.31. The quantitative estimate of drug-likeness (QED) is 0.707. The summed E-state index contributed by atoms with van der Waals surface area (Å²) in [5, 5.41) is 8.59. The van der Waals surface area contributed by atoms with Gasteiger partial charge in [0.15, 0.2) is 12.4 Å². The molecular formula is C8H11ClNO2+. The number of hydrogen-bond donors (Lipinski definition) is 1. The molecule has 0 aliphatic heterocycles. The average molecular weight is 189 g/mol. The number of nitrogens with zero attached hydrogens (tertiary/aromatic N) is 1. The molecule has 3 nitrogen and oxygen atoms in total. The summed E-state index contributed by atoms with van der Waals surface area (Å²) >= 11 is 0. The number of carbonyl (C=O) groups is 1. The number of carboxylic acid groups (broad SMARTS) is 1. The lowest BCUT2D eigenvalue weighted by Gasteiger charge is -1.92. The van der Waals surface area contributed by atoms with Gasteiger partial charge in [0.1, 0.15) is 12.1 Å². The van der Waals surface area contributed by atoms with Crippen LogP contribution in [-0.4, -0.2) is 11.1 Å². The average Bonchev–Trinajstić information content (AvgIpc) is 2.05. The van der Waals surface area contributed by atoms with Crippen LogP contribution in [-0.2, 0) is 6.54 Å². The predicted molar refractivity (Wildman–Crippen MR) is 46.5 cm³/mol. The van der Waals surface area contributed by atoms with Gasteiger partial charge in [0.25, 0.3) is 0 Å². The van der Waals surface area contributed by atoms with Crippen LogP contribution in [0.25, 0.3) is 0 Å². The summed E-state index contributed by atoms with van der Waals surface area (Å²) in [5.74, 6) is -0.882. The van der Waals surface area contributed by atoms with Gasteiger partial charge in [-0.05, 0) is 13.0 Å². The molecule has 0 aromatic carbocycles. The number of rotatable bonds is 2. The number of pyridine rings is 1. The highest BCUT2D eigenvalue weighted by Crippen LogP contribution is 1.92. The highest BCUT2D eigenvalue weighted by Gasteiger charge is 2.05. The Morgan fingerprint density at radius 3 is 2.83 bits per heavy atom. The van der Waals surface area contributed by atoms with Crippen LogP contribution in [0.3, 0.4) is 0 Å². The van der Waals surface area contributed by atoms with E-state index in [2.05, 4.69) is 0 Å². The van der Waals surface area contributed by atoms with Crippen molar-refractivity contribution in [2.24, 2.45) is 0 Å². The highest BCUT2D eigenvalue weighted by atomic mass is 35.5. The fraction of sp³-hybridized carbons (Fsp3) is 0.250. The number of carboxylic acids is 1. The van der Waals surface area contributed by atoms with Gasteiger partial charge in [-0.25, -0.2) is 9.36 Å². The van der Waals surface area contributed by atoms with Gasteiger partial charge in [0, 0.05) is 6.07 Å². The maximum atomic E-state index is 10.5. The number of aromatic carboxylic acids is 1. The van der Waals surface area contributed by atoms with Crippen LogP contribution in [0.4, 0.5) is 0 Å². The van der Waals surface area contributed by atoms with E-state index in [9.17, 15) is 4.79 Å². The van der Waals surface area contributed by atoms with Gasteiger partial charge in [-0.2, -0.15) is 0 Å². The first-order valence-electron chi connectivity index (χ1n) is 3.46. The van der Waals surface area contributed by atoms with E-state index in [1.54, 1.807) is 18.3 Å². The van der Waals surface area contributed by atoms with Gasteiger partial charge in [-0.15, -0.1) is 12.4 Å². The Kier molecular flexibility index (Phi) is 4.29. The van der Waals surface area contributed by atoms with E-state index in [4.69, 9.17) is 5.11 Å². The van der Waals surface area contributed by atoms with Crippen LogP contribution in [0, 0.1) is 0 Å². The van der Waals surface area contributed by atoms with Crippen molar-refractivity contribution < 1.29 is 14.5 Å².